The molecule has 1 aromatic carbocycles. The zero-order valence-electron chi connectivity index (χ0n) is 14.0. The summed E-state index contributed by atoms with van der Waals surface area (Å²) in [7, 11) is 1.62. The highest BCUT2D eigenvalue weighted by Gasteiger charge is 2.19. The van der Waals surface area contributed by atoms with Crippen LogP contribution in [0.1, 0.15) is 30.6 Å². The lowest BCUT2D eigenvalue weighted by atomic mass is 10.2. The van der Waals surface area contributed by atoms with Crippen molar-refractivity contribution in [3.63, 3.8) is 0 Å². The minimum atomic E-state index is -0.544. The van der Waals surface area contributed by atoms with Crippen LogP contribution in [0.4, 0.5) is 0 Å². The smallest absolute Gasteiger partial charge is 0.249 e. The van der Waals surface area contributed by atoms with Gasteiger partial charge in [-0.15, -0.1) is 10.2 Å². The van der Waals surface area contributed by atoms with E-state index in [0.717, 1.165) is 42.3 Å². The van der Waals surface area contributed by atoms with Crippen molar-refractivity contribution in [1.82, 2.24) is 20.1 Å². The molecule has 0 fully saturated rings. The Bertz CT molecular complexity index is 714. The van der Waals surface area contributed by atoms with Gasteiger partial charge in [0.25, 0.3) is 0 Å². The van der Waals surface area contributed by atoms with Crippen LogP contribution < -0.4 is 10.1 Å². The van der Waals surface area contributed by atoms with E-state index in [9.17, 15) is 4.79 Å². The van der Waals surface area contributed by atoms with Gasteiger partial charge in [-0.3, -0.25) is 4.79 Å². The van der Waals surface area contributed by atoms with Gasteiger partial charge in [-0.1, -0.05) is 12.1 Å². The normalized spacial score (nSPS) is 14.2. The van der Waals surface area contributed by atoms with Crippen LogP contribution in [-0.2, 0) is 35.6 Å². The third-order valence-electron chi connectivity index (χ3n) is 4.11. The van der Waals surface area contributed by atoms with Gasteiger partial charge in [0.1, 0.15) is 17.7 Å². The first kappa shape index (κ1) is 16.4. The van der Waals surface area contributed by atoms with Crippen LogP contribution in [0, 0.1) is 0 Å². The van der Waals surface area contributed by atoms with Gasteiger partial charge in [-0.2, -0.15) is 0 Å². The van der Waals surface area contributed by atoms with Crippen molar-refractivity contribution in [3.05, 3.63) is 41.5 Å². The monoisotopic (exact) mass is 330 g/mol. The number of amides is 1. The molecule has 0 saturated carbocycles. The molecule has 0 aliphatic carbocycles. The van der Waals surface area contributed by atoms with E-state index < -0.39 is 6.10 Å². The Morgan fingerprint density at radius 2 is 2.29 bits per heavy atom. The first-order chi connectivity index (χ1) is 11.7. The Kier molecular flexibility index (Phi) is 5.10. The summed E-state index contributed by atoms with van der Waals surface area (Å²) < 4.78 is 12.9. The topological polar surface area (TPSA) is 78.3 Å². The molecule has 1 amide bonds. The maximum Gasteiger partial charge on any atom is 0.249 e. The lowest BCUT2D eigenvalue weighted by molar-refractivity contribution is -0.132. The van der Waals surface area contributed by atoms with Crippen molar-refractivity contribution < 1.29 is 14.3 Å². The van der Waals surface area contributed by atoms with E-state index in [1.807, 2.05) is 24.3 Å². The fourth-order valence-electron chi connectivity index (χ4n) is 2.71. The predicted molar refractivity (Wildman–Crippen MR) is 87.4 cm³/mol. The Morgan fingerprint density at radius 1 is 1.42 bits per heavy atom. The molecule has 0 saturated heterocycles. The largest absolute Gasteiger partial charge is 0.497 e. The summed E-state index contributed by atoms with van der Waals surface area (Å²) in [5, 5.41) is 11.1. The molecule has 7 nitrogen and oxygen atoms in total. The molecule has 1 atom stereocenters. The highest BCUT2D eigenvalue weighted by atomic mass is 16.5. The molecule has 0 bridgehead atoms. The molecule has 1 aromatic heterocycles. The minimum Gasteiger partial charge on any atom is -0.497 e. The van der Waals surface area contributed by atoms with E-state index in [1.165, 1.54) is 0 Å². The zero-order valence-corrected chi connectivity index (χ0v) is 14.0. The van der Waals surface area contributed by atoms with Gasteiger partial charge < -0.3 is 19.4 Å². The molecular weight excluding hydrogens is 308 g/mol. The number of aromatic nitrogens is 3. The summed E-state index contributed by atoms with van der Waals surface area (Å²) in [6, 6.07) is 7.60. The third kappa shape index (κ3) is 3.73. The van der Waals surface area contributed by atoms with Crippen LogP contribution in [0.5, 0.6) is 5.75 Å². The number of carbonyl (C=O) groups excluding carboxylic acids is 1. The van der Waals surface area contributed by atoms with Crippen LogP contribution in [-0.4, -0.2) is 33.9 Å². The van der Waals surface area contributed by atoms with E-state index in [-0.39, 0.29) is 5.91 Å². The lowest BCUT2D eigenvalue weighted by Gasteiger charge is -2.14. The Balaban J connectivity index is 1.47. The number of hydrogen-bond donors (Lipinski definition) is 1. The van der Waals surface area contributed by atoms with E-state index in [4.69, 9.17) is 9.47 Å². The van der Waals surface area contributed by atoms with Crippen LogP contribution in [0.3, 0.4) is 0 Å². The zero-order chi connectivity index (χ0) is 16.9. The van der Waals surface area contributed by atoms with Gasteiger partial charge in [-0.05, 0) is 31.0 Å². The standard InChI is InChI=1S/C17H22N4O3/c1-12(24-11-13-5-3-6-14(9-13)23-2)17(22)18-10-16-20-19-15-7-4-8-21(15)16/h3,5-6,9,12H,4,7-8,10-11H2,1-2H3,(H,18,22)/t12-/m0/s1. The van der Waals surface area contributed by atoms with Crippen molar-refractivity contribution >= 4 is 5.91 Å². The summed E-state index contributed by atoms with van der Waals surface area (Å²) in [4.78, 5) is 12.2. The van der Waals surface area contributed by atoms with E-state index in [1.54, 1.807) is 14.0 Å². The van der Waals surface area contributed by atoms with Crippen LogP contribution >= 0.6 is 0 Å². The van der Waals surface area contributed by atoms with Gasteiger partial charge in [0.2, 0.25) is 5.91 Å². The van der Waals surface area contributed by atoms with Crippen LogP contribution in [0.25, 0.3) is 0 Å². The van der Waals surface area contributed by atoms with Crippen molar-refractivity contribution in [1.29, 1.82) is 0 Å². The predicted octanol–water partition coefficient (Wildman–Crippen LogP) is 1.45. The second-order valence-electron chi connectivity index (χ2n) is 5.81. The van der Waals surface area contributed by atoms with Gasteiger partial charge >= 0.3 is 0 Å². The molecule has 7 heteroatoms. The highest BCUT2D eigenvalue weighted by molar-refractivity contribution is 5.80. The van der Waals surface area contributed by atoms with Gasteiger partial charge in [0.05, 0.1) is 20.3 Å². The molecule has 24 heavy (non-hydrogen) atoms. The Hall–Kier alpha value is -2.41. The molecule has 0 unspecified atom stereocenters. The number of hydrogen-bond acceptors (Lipinski definition) is 5. The number of aryl methyl sites for hydroxylation is 1. The minimum absolute atomic E-state index is 0.159. The first-order valence-electron chi connectivity index (χ1n) is 8.10. The highest BCUT2D eigenvalue weighted by Crippen LogP contribution is 2.15. The molecule has 2 aromatic rings. The molecule has 128 valence electrons. The van der Waals surface area contributed by atoms with Crippen LogP contribution in [0.2, 0.25) is 0 Å². The number of rotatable bonds is 7. The fourth-order valence-corrected chi connectivity index (χ4v) is 2.71. The van der Waals surface area contributed by atoms with E-state index >= 15 is 0 Å². The summed E-state index contributed by atoms with van der Waals surface area (Å²) >= 11 is 0. The number of carbonyl (C=O) groups is 1. The number of methoxy groups -OCH3 is 1. The molecule has 1 N–H and O–H groups in total. The maximum absolute atomic E-state index is 12.2. The van der Waals surface area contributed by atoms with Gasteiger partial charge in [-0.25, -0.2) is 0 Å². The maximum atomic E-state index is 12.2. The average molecular weight is 330 g/mol. The second-order valence-corrected chi connectivity index (χ2v) is 5.81. The second kappa shape index (κ2) is 7.44. The molecule has 0 spiro atoms. The number of nitrogens with one attached hydrogen (secondary N) is 1. The molecule has 3 rings (SSSR count). The SMILES string of the molecule is COc1cccc(CO[C@@H](C)C(=O)NCc2nnc3n2CCC3)c1. The summed E-state index contributed by atoms with van der Waals surface area (Å²) in [6.07, 6.45) is 1.50. The fraction of sp³-hybridized carbons (Fsp3) is 0.471. The van der Waals surface area contributed by atoms with Gasteiger partial charge in [0.15, 0.2) is 5.82 Å². The number of benzene rings is 1. The van der Waals surface area contributed by atoms with E-state index in [0.29, 0.717) is 13.2 Å². The van der Waals surface area contributed by atoms with Crippen molar-refractivity contribution in [2.75, 3.05) is 7.11 Å². The molecule has 1 aliphatic rings. The average Bonchev–Trinajstić information content (AvgIpc) is 3.21. The molecule has 2 heterocycles. The van der Waals surface area contributed by atoms with Crippen LogP contribution in [0.15, 0.2) is 24.3 Å². The van der Waals surface area contributed by atoms with Crippen molar-refractivity contribution in [2.45, 2.75) is 45.6 Å². The summed E-state index contributed by atoms with van der Waals surface area (Å²) in [5.41, 5.74) is 0.962. The quantitative estimate of drug-likeness (QED) is 0.831. The molecule has 0 radical (unpaired) electrons. The molecule has 1 aliphatic heterocycles. The molecular formula is C17H22N4O3. The van der Waals surface area contributed by atoms with Gasteiger partial charge in [0, 0.05) is 13.0 Å². The lowest BCUT2D eigenvalue weighted by Crippen LogP contribution is -2.34. The van der Waals surface area contributed by atoms with E-state index in [2.05, 4.69) is 20.1 Å². The van der Waals surface area contributed by atoms with Crippen molar-refractivity contribution in [3.8, 4) is 5.75 Å². The Labute approximate surface area is 141 Å². The number of ether oxygens (including phenoxy) is 2. The summed E-state index contributed by atoms with van der Waals surface area (Å²) in [6.45, 7) is 3.39. The Morgan fingerprint density at radius 3 is 3.12 bits per heavy atom. The third-order valence-corrected chi connectivity index (χ3v) is 4.11. The number of nitrogens with zero attached hydrogens (tertiary/aromatic N) is 3. The van der Waals surface area contributed by atoms with Crippen molar-refractivity contribution in [2.24, 2.45) is 0 Å². The number of fused-ring (bicyclic) bond motifs is 1. The summed E-state index contributed by atoms with van der Waals surface area (Å²) in [5.74, 6) is 2.42. The first-order valence-corrected chi connectivity index (χ1v) is 8.10.